The molecule has 5 heteroatoms. The molecule has 27 aromatic rings. The molecule has 3 unspecified atom stereocenters. The standard InChI is InChI=1S/C143H88N4S/c1-2-40-92(41-3-1)141(120-62-21-14-54-115(120)138-123(141)65-35-74-134(138)145(129-69-25-16-51-111(129)105-47-11-9-45-103(105)101-57-31-39-90-37-5-7-43-98(90)101)96-81-84-109-107-49-12-19-60-118(107)142(127(109)88-96)121-63-22-27-71-131(121)146-130-70-26-17-52-112(130)114-58-32-66-124(142)139(114)146)93-78-76-91(77-79-93)99-55-34-73-133-137(99)116-59-33-67-125-140(116)147(133)132-72-28-23-64-122(132)143(125)119-61-20-13-48-106(119)108-83-80-95(87-126(108)143)144(94-82-85-136-117(86-94)113-53-18-29-75-135(113)148-136)128-68-24-15-50-110(128)104-46-10-8-44-102(104)100-56-30-38-89-36-4-6-42-97(89)100/h1-88H. The lowest BCUT2D eigenvalue weighted by Gasteiger charge is -2.40. The molecule has 0 saturated carbocycles. The van der Waals surface area contributed by atoms with Crippen LogP contribution in [0.2, 0.25) is 0 Å². The summed E-state index contributed by atoms with van der Waals surface area (Å²) in [6.07, 6.45) is 0. The predicted octanol–water partition coefficient (Wildman–Crippen LogP) is 37.5. The van der Waals surface area contributed by atoms with Gasteiger partial charge in [-0.3, -0.25) is 0 Å². The smallest absolute Gasteiger partial charge is 0.0755 e. The molecule has 686 valence electrons. The minimum atomic E-state index is -0.821. The predicted molar refractivity (Wildman–Crippen MR) is 619 cm³/mol. The summed E-state index contributed by atoms with van der Waals surface area (Å²) in [7, 11) is 0. The molecule has 0 saturated heterocycles. The topological polar surface area (TPSA) is 16.3 Å². The van der Waals surface area contributed by atoms with Gasteiger partial charge in [0.2, 0.25) is 0 Å². The van der Waals surface area contributed by atoms with Crippen LogP contribution in [0.5, 0.6) is 0 Å². The first-order valence-corrected chi connectivity index (χ1v) is 52.3. The molecule has 2 aliphatic heterocycles. The maximum Gasteiger partial charge on any atom is 0.0755 e. The number of rotatable bonds is 13. The third-order valence-electron chi connectivity index (χ3n) is 33.6. The fraction of sp³-hybridized carbons (Fsp3) is 0.0210. The van der Waals surface area contributed by atoms with Crippen molar-refractivity contribution < 1.29 is 0 Å². The van der Waals surface area contributed by atoms with Crippen LogP contribution in [0.3, 0.4) is 0 Å². The Labute approximate surface area is 860 Å². The summed E-state index contributed by atoms with van der Waals surface area (Å²) < 4.78 is 7.72. The molecule has 4 nitrogen and oxygen atoms in total. The highest BCUT2D eigenvalue weighted by molar-refractivity contribution is 7.25. The van der Waals surface area contributed by atoms with Crippen LogP contribution in [0, 0.1) is 0 Å². The zero-order chi connectivity index (χ0) is 96.8. The van der Waals surface area contributed by atoms with E-state index in [1.54, 1.807) is 0 Å². The van der Waals surface area contributed by atoms with Gasteiger partial charge in [0.15, 0.2) is 0 Å². The average Bonchev–Trinajstić information content (AvgIpc) is 1.50. The third-order valence-corrected chi connectivity index (χ3v) is 34.8. The molecule has 2 spiro atoms. The van der Waals surface area contributed by atoms with Gasteiger partial charge in [0.05, 0.1) is 66.7 Å². The second-order valence-corrected chi connectivity index (χ2v) is 41.5. The second-order valence-electron chi connectivity index (χ2n) is 40.4. The minimum Gasteiger partial charge on any atom is -0.310 e. The monoisotopic (exact) mass is 1890 g/mol. The summed E-state index contributed by atoms with van der Waals surface area (Å²) in [6, 6.07) is 204. The largest absolute Gasteiger partial charge is 0.310 e. The number of aromatic nitrogens is 2. The lowest BCUT2D eigenvalue weighted by Crippen LogP contribution is -2.33. The van der Waals surface area contributed by atoms with Gasteiger partial charge < -0.3 is 18.9 Å². The van der Waals surface area contributed by atoms with Crippen LogP contribution in [0.15, 0.2) is 534 Å². The van der Waals surface area contributed by atoms with Crippen molar-refractivity contribution in [3.63, 3.8) is 0 Å². The molecule has 5 heterocycles. The van der Waals surface area contributed by atoms with E-state index in [-0.39, 0.29) is 0 Å². The Kier molecular flexibility index (Phi) is 17.7. The zero-order valence-corrected chi connectivity index (χ0v) is 81.3. The number of benzene rings is 24. The Balaban J connectivity index is 0.582. The molecule has 3 atom stereocenters. The maximum absolute atomic E-state index is 2.65. The Morgan fingerprint density at radius 1 is 0.182 bits per heavy atom. The van der Waals surface area contributed by atoms with Crippen LogP contribution in [0.1, 0.15) is 66.8 Å². The van der Waals surface area contributed by atoms with E-state index < -0.39 is 16.2 Å². The van der Waals surface area contributed by atoms with Gasteiger partial charge in [-0.05, 0) is 252 Å². The van der Waals surface area contributed by atoms with E-state index in [1.165, 1.54) is 225 Å². The van der Waals surface area contributed by atoms with Gasteiger partial charge in [-0.15, -0.1) is 11.3 Å². The molecule has 0 radical (unpaired) electrons. The fourth-order valence-electron chi connectivity index (χ4n) is 27.9. The molecular weight excluding hydrogens is 1810 g/mol. The molecule has 0 fully saturated rings. The summed E-state index contributed by atoms with van der Waals surface area (Å²) >= 11 is 1.86. The highest BCUT2D eigenvalue weighted by Crippen LogP contribution is 2.68. The van der Waals surface area contributed by atoms with Crippen molar-refractivity contribution in [2.75, 3.05) is 9.80 Å². The number of nitrogens with zero attached hydrogens (tertiary/aromatic N) is 4. The van der Waals surface area contributed by atoms with E-state index in [4.69, 9.17) is 0 Å². The van der Waals surface area contributed by atoms with Crippen molar-refractivity contribution in [2.45, 2.75) is 16.2 Å². The molecule has 0 bridgehead atoms. The Bertz CT molecular complexity index is 10400. The summed E-state index contributed by atoms with van der Waals surface area (Å²) in [4.78, 5) is 5.21. The van der Waals surface area contributed by atoms with E-state index in [1.807, 2.05) is 11.3 Å². The molecule has 148 heavy (non-hydrogen) atoms. The minimum absolute atomic E-state index is 0.726. The van der Waals surface area contributed by atoms with Crippen molar-refractivity contribution in [3.8, 4) is 100 Å². The molecule has 5 aliphatic rings. The van der Waals surface area contributed by atoms with E-state index in [0.29, 0.717) is 0 Å². The van der Waals surface area contributed by atoms with Crippen LogP contribution < -0.4 is 9.80 Å². The summed E-state index contributed by atoms with van der Waals surface area (Å²) in [5, 5.41) is 12.3. The molecule has 3 aromatic heterocycles. The van der Waals surface area contributed by atoms with Crippen LogP contribution in [0.4, 0.5) is 34.1 Å². The van der Waals surface area contributed by atoms with Gasteiger partial charge in [-0.1, -0.05) is 443 Å². The number of para-hydroxylation sites is 7. The summed E-state index contributed by atoms with van der Waals surface area (Å²) in [5.41, 5.74) is 45.2. The number of fused-ring (bicyclic) bond motifs is 32. The third kappa shape index (κ3) is 11.2. The Morgan fingerprint density at radius 3 is 1.18 bits per heavy atom. The maximum atomic E-state index is 2.65. The summed E-state index contributed by atoms with van der Waals surface area (Å²) in [6.45, 7) is 0. The quantitative estimate of drug-likeness (QED) is 0.114. The first-order chi connectivity index (χ1) is 73.5. The van der Waals surface area contributed by atoms with Gasteiger partial charge in [-0.2, -0.15) is 0 Å². The zero-order valence-electron chi connectivity index (χ0n) is 80.5. The van der Waals surface area contributed by atoms with Crippen LogP contribution in [-0.4, -0.2) is 9.13 Å². The highest BCUT2D eigenvalue weighted by Gasteiger charge is 2.55. The lowest BCUT2D eigenvalue weighted by molar-refractivity contribution is 0.748. The molecule has 0 amide bonds. The number of anilines is 6. The second kappa shape index (κ2) is 31.6. The van der Waals surface area contributed by atoms with Gasteiger partial charge in [0.25, 0.3) is 0 Å². The fourth-order valence-corrected chi connectivity index (χ4v) is 29.0. The average molecular weight is 1890 g/mol. The van der Waals surface area contributed by atoms with Crippen molar-refractivity contribution in [1.29, 1.82) is 0 Å². The van der Waals surface area contributed by atoms with E-state index >= 15 is 0 Å². The number of thiophene rings is 1. The van der Waals surface area contributed by atoms with Crippen LogP contribution in [0.25, 0.3) is 186 Å². The van der Waals surface area contributed by atoms with Crippen molar-refractivity contribution in [3.05, 3.63) is 601 Å². The van der Waals surface area contributed by atoms with Crippen LogP contribution >= 0.6 is 11.3 Å². The van der Waals surface area contributed by atoms with Gasteiger partial charge in [0, 0.05) is 75.5 Å². The van der Waals surface area contributed by atoms with Crippen molar-refractivity contribution in [2.24, 2.45) is 0 Å². The number of hydrogen-bond acceptors (Lipinski definition) is 3. The Hall–Kier alpha value is -18.8. The van der Waals surface area contributed by atoms with Crippen LogP contribution in [-0.2, 0) is 16.2 Å². The van der Waals surface area contributed by atoms with Crippen molar-refractivity contribution >= 4 is 131 Å². The Morgan fingerprint density at radius 2 is 0.554 bits per heavy atom. The first kappa shape index (κ1) is 82.8. The van der Waals surface area contributed by atoms with E-state index in [2.05, 4.69) is 553 Å². The molecular formula is C143H88N4S. The molecule has 32 rings (SSSR count). The number of hydrogen-bond donors (Lipinski definition) is 0. The first-order valence-electron chi connectivity index (χ1n) is 51.5. The SMILES string of the molecule is c1ccc(C2(c3ccc(-c4cccc5c4c4cccc6c4n5-c4ccccc4C64c5ccccc5-c5ccc(N(c6ccc7sc8ccccc8c7c6)c6ccccc6-c6ccccc6-c6cccc7ccccc67)cc54)cc3)c3ccccc3-c3c(N(c4ccc5c(c4)C4(c6ccccc6-5)c5ccccc5-n5c6ccccc6c6cccc4c65)c4ccccc4-c4ccccc4-c4cccc5ccccc45)cccc32)cc1. The molecule has 3 aliphatic carbocycles. The van der Waals surface area contributed by atoms with Gasteiger partial charge in [-0.25, -0.2) is 0 Å². The molecule has 0 N–H and O–H groups in total. The van der Waals surface area contributed by atoms with Gasteiger partial charge in [0.1, 0.15) is 0 Å². The van der Waals surface area contributed by atoms with E-state index in [0.717, 1.165) is 61.9 Å². The van der Waals surface area contributed by atoms with Crippen molar-refractivity contribution in [1.82, 2.24) is 9.13 Å². The normalized spacial score (nSPS) is 15.5. The lowest BCUT2D eigenvalue weighted by atomic mass is 9.65. The highest BCUT2D eigenvalue weighted by atomic mass is 32.1. The molecule has 24 aromatic carbocycles. The summed E-state index contributed by atoms with van der Waals surface area (Å²) in [5.74, 6) is 0. The van der Waals surface area contributed by atoms with E-state index in [9.17, 15) is 0 Å². The van der Waals surface area contributed by atoms with Gasteiger partial charge >= 0.3 is 0 Å².